The van der Waals surface area contributed by atoms with Crippen LogP contribution in [0, 0.1) is 11.3 Å². The van der Waals surface area contributed by atoms with Crippen LogP contribution in [0.2, 0.25) is 0 Å². The molecule has 0 spiro atoms. The molecule has 8 heteroatoms. The van der Waals surface area contributed by atoms with Gasteiger partial charge in [0.25, 0.3) is 10.2 Å². The fraction of sp³-hybridized carbons (Fsp3) is 0.562. The zero-order valence-corrected chi connectivity index (χ0v) is 15.0. The predicted molar refractivity (Wildman–Crippen MR) is 93.2 cm³/mol. The van der Waals surface area contributed by atoms with Crippen molar-refractivity contribution in [1.29, 1.82) is 5.26 Å². The van der Waals surface area contributed by atoms with Crippen LogP contribution in [0.5, 0.6) is 5.75 Å². The molecule has 1 aromatic carbocycles. The largest absolute Gasteiger partial charge is 0.492 e. The lowest BCUT2D eigenvalue weighted by atomic mass is 10.2. The molecule has 132 valence electrons. The van der Waals surface area contributed by atoms with Gasteiger partial charge in [0.1, 0.15) is 5.75 Å². The standard InChI is InChI=1S/C16H24N4O3S/c1-3-23-16-8-5-4-7-15(16)19-11-13-20(14-12-19)24(21,22)18(2)10-6-9-17/h4-5,7-8H,3,6,10-14H2,1-2H3. The number of ether oxygens (including phenoxy) is 1. The molecule has 0 radical (unpaired) electrons. The topological polar surface area (TPSA) is 76.9 Å². The number of anilines is 1. The predicted octanol–water partition coefficient (Wildman–Crippen LogP) is 1.30. The number of benzene rings is 1. The third kappa shape index (κ3) is 4.17. The van der Waals surface area contributed by atoms with E-state index in [0.29, 0.717) is 32.8 Å². The third-order valence-corrected chi connectivity index (χ3v) is 5.99. The quantitative estimate of drug-likeness (QED) is 0.739. The smallest absolute Gasteiger partial charge is 0.281 e. The summed E-state index contributed by atoms with van der Waals surface area (Å²) in [4.78, 5) is 2.15. The molecule has 1 aliphatic heterocycles. The Hall–Kier alpha value is -1.82. The second-order valence-electron chi connectivity index (χ2n) is 5.52. The summed E-state index contributed by atoms with van der Waals surface area (Å²) in [7, 11) is -1.99. The van der Waals surface area contributed by atoms with Gasteiger partial charge in [0, 0.05) is 46.2 Å². The van der Waals surface area contributed by atoms with Crippen molar-refractivity contribution in [1.82, 2.24) is 8.61 Å². The molecule has 7 nitrogen and oxygen atoms in total. The van der Waals surface area contributed by atoms with E-state index in [1.54, 1.807) is 0 Å². The summed E-state index contributed by atoms with van der Waals surface area (Å²) in [6, 6.07) is 9.78. The summed E-state index contributed by atoms with van der Waals surface area (Å²) in [5.41, 5.74) is 0.995. The average molecular weight is 352 g/mol. The van der Waals surface area contributed by atoms with Gasteiger partial charge in [0.05, 0.1) is 18.4 Å². The number of rotatable bonds is 7. The van der Waals surface area contributed by atoms with Crippen LogP contribution in [-0.4, -0.2) is 63.4 Å². The highest BCUT2D eigenvalue weighted by Gasteiger charge is 2.30. The molecule has 1 aromatic rings. The van der Waals surface area contributed by atoms with Crippen molar-refractivity contribution in [2.24, 2.45) is 0 Å². The molecule has 1 heterocycles. The van der Waals surface area contributed by atoms with Crippen molar-refractivity contribution >= 4 is 15.9 Å². The number of piperazine rings is 1. The lowest BCUT2D eigenvalue weighted by Gasteiger charge is -2.37. The van der Waals surface area contributed by atoms with Gasteiger partial charge < -0.3 is 9.64 Å². The van der Waals surface area contributed by atoms with Gasteiger partial charge in [-0.15, -0.1) is 0 Å². The van der Waals surface area contributed by atoms with Crippen LogP contribution >= 0.6 is 0 Å². The van der Waals surface area contributed by atoms with Crippen molar-refractivity contribution in [2.45, 2.75) is 13.3 Å². The SMILES string of the molecule is CCOc1ccccc1N1CCN(S(=O)(=O)N(C)CCC#N)CC1. The van der Waals surface area contributed by atoms with Gasteiger partial charge in [0.15, 0.2) is 0 Å². The average Bonchev–Trinajstić information content (AvgIpc) is 2.60. The molecule has 0 aromatic heterocycles. The van der Waals surface area contributed by atoms with E-state index in [4.69, 9.17) is 10.00 Å². The summed E-state index contributed by atoms with van der Waals surface area (Å²) in [5, 5.41) is 8.62. The minimum atomic E-state index is -3.50. The molecule has 0 atom stereocenters. The molecular formula is C16H24N4O3S. The zero-order valence-electron chi connectivity index (χ0n) is 14.2. The number of hydrogen-bond donors (Lipinski definition) is 0. The first-order chi connectivity index (χ1) is 11.5. The Kier molecular flexibility index (Phi) is 6.43. The molecule has 0 saturated carbocycles. The van der Waals surface area contributed by atoms with Crippen molar-refractivity contribution in [2.75, 3.05) is 51.3 Å². The van der Waals surface area contributed by atoms with Crippen molar-refractivity contribution < 1.29 is 13.2 Å². The van der Waals surface area contributed by atoms with Crippen molar-refractivity contribution in [3.05, 3.63) is 24.3 Å². The number of hydrogen-bond acceptors (Lipinski definition) is 5. The summed E-state index contributed by atoms with van der Waals surface area (Å²) in [6.45, 7) is 4.80. The van der Waals surface area contributed by atoms with Gasteiger partial charge in [-0.3, -0.25) is 0 Å². The second kappa shape index (κ2) is 8.33. The van der Waals surface area contributed by atoms with Crippen LogP contribution in [0.15, 0.2) is 24.3 Å². The summed E-state index contributed by atoms with van der Waals surface area (Å²) >= 11 is 0. The molecule has 1 saturated heterocycles. The minimum absolute atomic E-state index is 0.192. The van der Waals surface area contributed by atoms with E-state index < -0.39 is 10.2 Å². The lowest BCUT2D eigenvalue weighted by molar-refractivity contribution is 0.331. The normalized spacial score (nSPS) is 16.2. The Morgan fingerprint density at radius 1 is 1.25 bits per heavy atom. The van der Waals surface area contributed by atoms with E-state index in [-0.39, 0.29) is 13.0 Å². The van der Waals surface area contributed by atoms with Gasteiger partial charge in [-0.05, 0) is 19.1 Å². The van der Waals surface area contributed by atoms with Crippen molar-refractivity contribution in [3.63, 3.8) is 0 Å². The molecule has 1 aliphatic rings. The highest BCUT2D eigenvalue weighted by atomic mass is 32.2. The minimum Gasteiger partial charge on any atom is -0.492 e. The van der Waals surface area contributed by atoms with E-state index >= 15 is 0 Å². The molecular weight excluding hydrogens is 328 g/mol. The molecule has 1 fully saturated rings. The fourth-order valence-corrected chi connectivity index (χ4v) is 4.02. The zero-order chi connectivity index (χ0) is 17.6. The van der Waals surface area contributed by atoms with E-state index in [1.807, 2.05) is 37.3 Å². The van der Waals surface area contributed by atoms with E-state index in [1.165, 1.54) is 15.7 Å². The molecule has 0 N–H and O–H groups in total. The maximum Gasteiger partial charge on any atom is 0.281 e. The first kappa shape index (κ1) is 18.5. The molecule has 0 bridgehead atoms. The van der Waals surface area contributed by atoms with Gasteiger partial charge in [0.2, 0.25) is 0 Å². The number of para-hydroxylation sites is 2. The van der Waals surface area contributed by atoms with E-state index in [9.17, 15) is 8.42 Å². The fourth-order valence-electron chi connectivity index (χ4n) is 2.68. The van der Waals surface area contributed by atoms with Crippen LogP contribution < -0.4 is 9.64 Å². The third-order valence-electron chi connectivity index (χ3n) is 4.00. The first-order valence-electron chi connectivity index (χ1n) is 8.05. The summed E-state index contributed by atoms with van der Waals surface area (Å²) < 4.78 is 33.4. The Morgan fingerprint density at radius 2 is 1.92 bits per heavy atom. The van der Waals surface area contributed by atoms with Crippen LogP contribution in [0.25, 0.3) is 0 Å². The van der Waals surface area contributed by atoms with Crippen LogP contribution in [0.4, 0.5) is 5.69 Å². The second-order valence-corrected chi connectivity index (χ2v) is 7.56. The van der Waals surface area contributed by atoms with Crippen LogP contribution in [-0.2, 0) is 10.2 Å². The molecule has 0 aliphatic carbocycles. The van der Waals surface area contributed by atoms with Crippen molar-refractivity contribution in [3.8, 4) is 11.8 Å². The van der Waals surface area contributed by atoms with E-state index in [2.05, 4.69) is 4.90 Å². The maximum absolute atomic E-state index is 12.5. The van der Waals surface area contributed by atoms with E-state index in [0.717, 1.165) is 11.4 Å². The first-order valence-corrected chi connectivity index (χ1v) is 9.45. The Morgan fingerprint density at radius 3 is 2.54 bits per heavy atom. The number of nitrogens with zero attached hydrogens (tertiary/aromatic N) is 4. The lowest BCUT2D eigenvalue weighted by Crippen LogP contribution is -2.52. The summed E-state index contributed by atoms with van der Waals surface area (Å²) in [5.74, 6) is 0.822. The van der Waals surface area contributed by atoms with Gasteiger partial charge >= 0.3 is 0 Å². The Labute approximate surface area is 144 Å². The maximum atomic E-state index is 12.5. The number of nitriles is 1. The molecule has 2 rings (SSSR count). The Balaban J connectivity index is 2.02. The molecule has 0 amide bonds. The van der Waals surface area contributed by atoms with Gasteiger partial charge in [-0.25, -0.2) is 0 Å². The van der Waals surface area contributed by atoms with Crippen LogP contribution in [0.3, 0.4) is 0 Å². The highest BCUT2D eigenvalue weighted by Crippen LogP contribution is 2.29. The highest BCUT2D eigenvalue weighted by molar-refractivity contribution is 7.86. The van der Waals surface area contributed by atoms with Gasteiger partial charge in [-0.2, -0.15) is 22.3 Å². The monoisotopic (exact) mass is 352 g/mol. The Bertz CT molecular complexity index is 679. The molecule has 24 heavy (non-hydrogen) atoms. The van der Waals surface area contributed by atoms with Gasteiger partial charge in [-0.1, -0.05) is 12.1 Å². The van der Waals surface area contributed by atoms with Crippen LogP contribution in [0.1, 0.15) is 13.3 Å². The molecule has 0 unspecified atom stereocenters. The summed E-state index contributed by atoms with van der Waals surface area (Å²) in [6.07, 6.45) is 0.192.